The Morgan fingerprint density at radius 2 is 2.07 bits per heavy atom. The van der Waals surface area contributed by atoms with Gasteiger partial charge < -0.3 is 16.2 Å². The van der Waals surface area contributed by atoms with Crippen LogP contribution >= 0.6 is 0 Å². The highest BCUT2D eigenvalue weighted by Gasteiger charge is 2.26. The molecule has 0 aliphatic carbocycles. The van der Waals surface area contributed by atoms with Crippen LogP contribution in [0.4, 0.5) is 18.9 Å². The number of fused-ring (bicyclic) bond motifs is 1. The summed E-state index contributed by atoms with van der Waals surface area (Å²) in [6.45, 7) is 1.53. The van der Waals surface area contributed by atoms with Gasteiger partial charge in [-0.25, -0.2) is 4.98 Å². The number of carbonyl (C=O) groups excluding carboxylic acids is 1. The van der Waals surface area contributed by atoms with Crippen molar-refractivity contribution in [3.8, 4) is 11.3 Å². The fraction of sp³-hybridized carbons (Fsp3) is 0.333. The van der Waals surface area contributed by atoms with Crippen LogP contribution in [0, 0.1) is 6.92 Å². The highest BCUT2D eigenvalue weighted by molar-refractivity contribution is 5.95. The van der Waals surface area contributed by atoms with Crippen LogP contribution in [0.25, 0.3) is 16.9 Å². The lowest BCUT2D eigenvalue weighted by Gasteiger charge is -2.13. The normalized spacial score (nSPS) is 11.8. The van der Waals surface area contributed by atoms with Gasteiger partial charge in [0.2, 0.25) is 5.91 Å². The lowest BCUT2D eigenvalue weighted by Crippen LogP contribution is -2.15. The van der Waals surface area contributed by atoms with Gasteiger partial charge in [0.05, 0.1) is 24.0 Å². The summed E-state index contributed by atoms with van der Waals surface area (Å²) in [4.78, 5) is 15.9. The van der Waals surface area contributed by atoms with E-state index in [0.717, 1.165) is 22.4 Å². The van der Waals surface area contributed by atoms with E-state index in [9.17, 15) is 18.0 Å². The molecule has 1 aromatic carbocycles. The summed E-state index contributed by atoms with van der Waals surface area (Å²) in [5.74, 6) is -0.514. The number of alkyl halides is 3. The fourth-order valence-corrected chi connectivity index (χ4v) is 3.35. The van der Waals surface area contributed by atoms with E-state index in [0.29, 0.717) is 29.7 Å². The first-order chi connectivity index (χ1) is 14.2. The Morgan fingerprint density at radius 1 is 1.30 bits per heavy atom. The third-order valence-electron chi connectivity index (χ3n) is 4.80. The molecule has 160 valence electrons. The number of benzene rings is 1. The van der Waals surface area contributed by atoms with E-state index < -0.39 is 18.5 Å². The zero-order valence-electron chi connectivity index (χ0n) is 16.5. The molecule has 0 bridgehead atoms. The van der Waals surface area contributed by atoms with Crippen molar-refractivity contribution in [3.63, 3.8) is 0 Å². The Kier molecular flexibility index (Phi) is 6.31. The molecule has 0 aliphatic heterocycles. The predicted octanol–water partition coefficient (Wildman–Crippen LogP) is 3.70. The quantitative estimate of drug-likeness (QED) is 0.518. The van der Waals surface area contributed by atoms with Crippen molar-refractivity contribution in [3.05, 3.63) is 53.3 Å². The van der Waals surface area contributed by atoms with Crippen LogP contribution in [0.1, 0.15) is 34.3 Å². The number of primary amides is 1. The van der Waals surface area contributed by atoms with E-state index in [1.807, 2.05) is 12.3 Å². The Bertz CT molecular complexity index is 1060. The number of halogens is 3. The van der Waals surface area contributed by atoms with Gasteiger partial charge in [0.25, 0.3) is 0 Å². The lowest BCUT2D eigenvalue weighted by molar-refractivity contribution is -0.131. The number of aryl methyl sites for hydroxylation is 2. The van der Waals surface area contributed by atoms with Crippen molar-refractivity contribution in [2.75, 3.05) is 18.5 Å². The van der Waals surface area contributed by atoms with Gasteiger partial charge in [-0.1, -0.05) is 6.07 Å². The topological polar surface area (TPSA) is 92.7 Å². The van der Waals surface area contributed by atoms with Crippen LogP contribution in [-0.4, -0.2) is 39.7 Å². The average Bonchev–Trinajstić information content (AvgIpc) is 3.09. The van der Waals surface area contributed by atoms with Crippen molar-refractivity contribution in [2.45, 2.75) is 32.4 Å². The minimum Gasteiger partial charge on any atom is -0.396 e. The number of rotatable bonds is 8. The monoisotopic (exact) mass is 420 g/mol. The number of carbonyl (C=O) groups is 1. The molecule has 4 N–H and O–H groups in total. The number of hydrogen-bond acceptors (Lipinski definition) is 4. The molecule has 2 aromatic heterocycles. The van der Waals surface area contributed by atoms with Gasteiger partial charge in [0.15, 0.2) is 5.65 Å². The molecule has 0 saturated carbocycles. The maximum Gasteiger partial charge on any atom is 0.390 e. The second kappa shape index (κ2) is 8.74. The van der Waals surface area contributed by atoms with Crippen LogP contribution in [0.15, 0.2) is 36.7 Å². The minimum absolute atomic E-state index is 0.0133. The predicted molar refractivity (Wildman–Crippen MR) is 108 cm³/mol. The zero-order valence-corrected chi connectivity index (χ0v) is 16.5. The summed E-state index contributed by atoms with van der Waals surface area (Å²) < 4.78 is 39.5. The molecule has 0 saturated heterocycles. The number of nitrogens with zero attached hydrogens (tertiary/aromatic N) is 2. The smallest absolute Gasteiger partial charge is 0.390 e. The second-order valence-electron chi connectivity index (χ2n) is 7.11. The van der Waals surface area contributed by atoms with Gasteiger partial charge >= 0.3 is 6.18 Å². The Morgan fingerprint density at radius 3 is 2.70 bits per heavy atom. The van der Waals surface area contributed by atoms with E-state index >= 15 is 0 Å². The number of nitrogens with two attached hydrogens (primary N) is 1. The van der Waals surface area contributed by atoms with Crippen LogP contribution in [0.2, 0.25) is 0 Å². The Labute approximate surface area is 171 Å². The first-order valence-electron chi connectivity index (χ1n) is 9.52. The lowest BCUT2D eigenvalue weighted by atomic mass is 10.0. The summed E-state index contributed by atoms with van der Waals surface area (Å²) in [5, 5.41) is 12.0. The molecule has 0 spiro atoms. The van der Waals surface area contributed by atoms with E-state index in [-0.39, 0.29) is 13.2 Å². The first-order valence-corrected chi connectivity index (χ1v) is 9.52. The maximum absolute atomic E-state index is 12.5. The summed E-state index contributed by atoms with van der Waals surface area (Å²) in [6.07, 6.45) is -0.612. The fourth-order valence-electron chi connectivity index (χ4n) is 3.35. The van der Waals surface area contributed by atoms with Gasteiger partial charge in [-0.05, 0) is 49.1 Å². The van der Waals surface area contributed by atoms with Gasteiger partial charge in [-0.15, -0.1) is 0 Å². The SMILES string of the molecule is Cc1cc(-c2cnc3c(NCCC(F)(F)F)cc(CCCO)cn23)ccc1C(N)=O. The molecule has 6 nitrogen and oxygen atoms in total. The highest BCUT2D eigenvalue weighted by Crippen LogP contribution is 2.28. The third kappa shape index (κ3) is 4.91. The molecule has 0 unspecified atom stereocenters. The molecular weight excluding hydrogens is 397 g/mol. The standard InChI is InChI=1S/C21H23F3N4O2/c1-13-9-15(4-5-16(13)19(25)30)18-11-27-20-17(26-7-6-21(22,23)24)10-14(3-2-8-29)12-28(18)20/h4-5,9-12,26,29H,2-3,6-8H2,1H3,(H2,25,30). The summed E-state index contributed by atoms with van der Waals surface area (Å²) in [5.41, 5.74) is 9.88. The van der Waals surface area contributed by atoms with Gasteiger partial charge in [0.1, 0.15) is 0 Å². The number of pyridine rings is 1. The number of nitrogens with one attached hydrogen (secondary N) is 1. The summed E-state index contributed by atoms with van der Waals surface area (Å²) in [6, 6.07) is 6.98. The number of aromatic nitrogens is 2. The van der Waals surface area contributed by atoms with Crippen molar-refractivity contribution in [2.24, 2.45) is 5.73 Å². The summed E-state index contributed by atoms with van der Waals surface area (Å²) in [7, 11) is 0. The molecule has 0 fully saturated rings. The second-order valence-corrected chi connectivity index (χ2v) is 7.11. The largest absolute Gasteiger partial charge is 0.396 e. The molecule has 3 aromatic rings. The van der Waals surface area contributed by atoms with Gasteiger partial charge in [-0.2, -0.15) is 13.2 Å². The molecular formula is C21H23F3N4O2. The molecule has 0 aliphatic rings. The van der Waals surface area contributed by atoms with E-state index in [1.165, 1.54) is 0 Å². The van der Waals surface area contributed by atoms with E-state index in [2.05, 4.69) is 10.3 Å². The number of aliphatic hydroxyl groups is 1. The molecule has 30 heavy (non-hydrogen) atoms. The molecule has 2 heterocycles. The van der Waals surface area contributed by atoms with Crippen LogP contribution in [0.3, 0.4) is 0 Å². The summed E-state index contributed by atoms with van der Waals surface area (Å²) >= 11 is 0. The molecule has 9 heteroatoms. The molecule has 0 atom stereocenters. The zero-order chi connectivity index (χ0) is 21.9. The number of aliphatic hydroxyl groups excluding tert-OH is 1. The van der Waals surface area contributed by atoms with E-state index in [4.69, 9.17) is 10.8 Å². The van der Waals surface area contributed by atoms with Gasteiger partial charge in [-0.3, -0.25) is 9.20 Å². The molecule has 1 amide bonds. The van der Waals surface area contributed by atoms with Gasteiger partial charge in [0, 0.05) is 30.5 Å². The first kappa shape index (κ1) is 21.6. The van der Waals surface area contributed by atoms with Crippen molar-refractivity contribution >= 4 is 17.2 Å². The number of hydrogen-bond donors (Lipinski definition) is 3. The minimum atomic E-state index is -4.25. The van der Waals surface area contributed by atoms with Crippen molar-refractivity contribution in [1.82, 2.24) is 9.38 Å². The van der Waals surface area contributed by atoms with E-state index in [1.54, 1.807) is 35.7 Å². The van der Waals surface area contributed by atoms with Crippen molar-refractivity contribution in [1.29, 1.82) is 0 Å². The Hall–Kier alpha value is -3.07. The van der Waals surface area contributed by atoms with Crippen molar-refractivity contribution < 1.29 is 23.1 Å². The molecule has 3 rings (SSSR count). The highest BCUT2D eigenvalue weighted by atomic mass is 19.4. The molecule has 0 radical (unpaired) electrons. The number of anilines is 1. The number of amides is 1. The van der Waals surface area contributed by atoms with Crippen LogP contribution in [-0.2, 0) is 6.42 Å². The maximum atomic E-state index is 12.5. The number of imidazole rings is 1. The van der Waals surface area contributed by atoms with Crippen LogP contribution in [0.5, 0.6) is 0 Å². The average molecular weight is 420 g/mol. The van der Waals surface area contributed by atoms with Crippen LogP contribution < -0.4 is 11.1 Å². The Balaban J connectivity index is 2.03. The third-order valence-corrected chi connectivity index (χ3v) is 4.80.